The number of nitrogens with one attached hydrogen (secondary N) is 1. The molecule has 0 aromatic heterocycles. The number of hydrogen-bond donors (Lipinski definition) is 1. The summed E-state index contributed by atoms with van der Waals surface area (Å²) in [6.45, 7) is 6.25. The van der Waals surface area contributed by atoms with Crippen LogP contribution in [-0.2, 0) is 0 Å². The monoisotopic (exact) mass is 196 g/mol. The fraction of sp³-hybridized carbons (Fsp3) is 1.00. The standard InChI is InChI=1S/C12H24N2/c1-10-4-3-5-12(6-10)13-7-11-8-14(2)9-11/h10-13H,3-9H2,1-2H3. The lowest BCUT2D eigenvalue weighted by Crippen LogP contribution is -2.50. The molecule has 0 amide bonds. The van der Waals surface area contributed by atoms with E-state index < -0.39 is 0 Å². The van der Waals surface area contributed by atoms with Crippen molar-refractivity contribution in [3.8, 4) is 0 Å². The van der Waals surface area contributed by atoms with E-state index in [0.717, 1.165) is 17.9 Å². The Morgan fingerprint density at radius 3 is 2.71 bits per heavy atom. The quantitative estimate of drug-likeness (QED) is 0.739. The third-order valence-electron chi connectivity index (χ3n) is 3.77. The van der Waals surface area contributed by atoms with E-state index in [1.54, 1.807) is 0 Å². The fourth-order valence-electron chi connectivity index (χ4n) is 2.91. The number of nitrogens with zero attached hydrogens (tertiary/aromatic N) is 1. The maximum atomic E-state index is 3.75. The van der Waals surface area contributed by atoms with E-state index in [4.69, 9.17) is 0 Å². The molecule has 14 heavy (non-hydrogen) atoms. The van der Waals surface area contributed by atoms with Gasteiger partial charge in [0.25, 0.3) is 0 Å². The molecule has 1 aliphatic carbocycles. The van der Waals surface area contributed by atoms with Crippen LogP contribution in [0.25, 0.3) is 0 Å². The zero-order valence-corrected chi connectivity index (χ0v) is 9.63. The molecule has 2 nitrogen and oxygen atoms in total. The van der Waals surface area contributed by atoms with Gasteiger partial charge in [-0.25, -0.2) is 0 Å². The van der Waals surface area contributed by atoms with Gasteiger partial charge < -0.3 is 10.2 Å². The van der Waals surface area contributed by atoms with Crippen molar-refractivity contribution in [2.24, 2.45) is 11.8 Å². The molecule has 2 fully saturated rings. The first kappa shape index (κ1) is 10.4. The first-order valence-corrected chi connectivity index (χ1v) is 6.16. The van der Waals surface area contributed by atoms with E-state index in [-0.39, 0.29) is 0 Å². The van der Waals surface area contributed by atoms with E-state index in [1.165, 1.54) is 45.3 Å². The first-order chi connectivity index (χ1) is 6.74. The van der Waals surface area contributed by atoms with Gasteiger partial charge in [-0.05, 0) is 31.7 Å². The van der Waals surface area contributed by atoms with Crippen LogP contribution in [0.1, 0.15) is 32.6 Å². The van der Waals surface area contributed by atoms with Crippen molar-refractivity contribution in [2.45, 2.75) is 38.6 Å². The highest BCUT2D eigenvalue weighted by atomic mass is 15.2. The second-order valence-electron chi connectivity index (χ2n) is 5.46. The topological polar surface area (TPSA) is 15.3 Å². The Kier molecular flexibility index (Phi) is 3.45. The molecule has 1 aliphatic heterocycles. The van der Waals surface area contributed by atoms with Crippen LogP contribution in [0, 0.1) is 11.8 Å². The average molecular weight is 196 g/mol. The van der Waals surface area contributed by atoms with Gasteiger partial charge in [-0.15, -0.1) is 0 Å². The molecule has 2 rings (SSSR count). The summed E-state index contributed by atoms with van der Waals surface area (Å²) in [5, 5.41) is 3.75. The minimum atomic E-state index is 0.824. The lowest BCUT2D eigenvalue weighted by molar-refractivity contribution is 0.126. The lowest BCUT2D eigenvalue weighted by Gasteiger charge is -2.38. The molecule has 1 saturated carbocycles. The zero-order chi connectivity index (χ0) is 9.97. The molecule has 0 aromatic rings. The first-order valence-electron chi connectivity index (χ1n) is 6.16. The van der Waals surface area contributed by atoms with Gasteiger partial charge in [0.15, 0.2) is 0 Å². The predicted molar refractivity (Wildman–Crippen MR) is 60.4 cm³/mol. The minimum Gasteiger partial charge on any atom is -0.314 e. The third-order valence-corrected chi connectivity index (χ3v) is 3.77. The summed E-state index contributed by atoms with van der Waals surface area (Å²) in [7, 11) is 2.21. The molecule has 2 aliphatic rings. The summed E-state index contributed by atoms with van der Waals surface area (Å²) in [4.78, 5) is 2.40. The van der Waals surface area contributed by atoms with E-state index in [0.29, 0.717) is 0 Å². The molecule has 1 heterocycles. The summed E-state index contributed by atoms with van der Waals surface area (Å²) in [6.07, 6.45) is 5.70. The van der Waals surface area contributed by atoms with Crippen LogP contribution < -0.4 is 5.32 Å². The predicted octanol–water partition coefficient (Wildman–Crippen LogP) is 1.72. The Labute approximate surface area is 88.1 Å². The molecule has 2 unspecified atom stereocenters. The van der Waals surface area contributed by atoms with E-state index in [1.807, 2.05) is 0 Å². The molecule has 1 N–H and O–H groups in total. The maximum Gasteiger partial charge on any atom is 0.00697 e. The Morgan fingerprint density at radius 1 is 1.29 bits per heavy atom. The summed E-state index contributed by atoms with van der Waals surface area (Å²) in [5.41, 5.74) is 0. The van der Waals surface area contributed by atoms with E-state index >= 15 is 0 Å². The van der Waals surface area contributed by atoms with Crippen LogP contribution in [0.3, 0.4) is 0 Å². The van der Waals surface area contributed by atoms with Crippen LogP contribution in [0.4, 0.5) is 0 Å². The van der Waals surface area contributed by atoms with Gasteiger partial charge in [0.1, 0.15) is 0 Å². The molecule has 0 radical (unpaired) electrons. The Bertz CT molecular complexity index is 175. The Balaban J connectivity index is 1.60. The Morgan fingerprint density at radius 2 is 2.07 bits per heavy atom. The van der Waals surface area contributed by atoms with Crippen molar-refractivity contribution >= 4 is 0 Å². The lowest BCUT2D eigenvalue weighted by atomic mass is 9.86. The largest absolute Gasteiger partial charge is 0.314 e. The van der Waals surface area contributed by atoms with Crippen molar-refractivity contribution < 1.29 is 0 Å². The summed E-state index contributed by atoms with van der Waals surface area (Å²) < 4.78 is 0. The van der Waals surface area contributed by atoms with Crippen LogP contribution in [0.2, 0.25) is 0 Å². The summed E-state index contributed by atoms with van der Waals surface area (Å²) in [6, 6.07) is 0.824. The molecule has 82 valence electrons. The van der Waals surface area contributed by atoms with Crippen LogP contribution in [0.15, 0.2) is 0 Å². The molecule has 2 atom stereocenters. The molecule has 0 spiro atoms. The van der Waals surface area contributed by atoms with Crippen molar-refractivity contribution in [3.63, 3.8) is 0 Å². The van der Waals surface area contributed by atoms with Gasteiger partial charge >= 0.3 is 0 Å². The van der Waals surface area contributed by atoms with Gasteiger partial charge in [0, 0.05) is 25.7 Å². The van der Waals surface area contributed by atoms with Gasteiger partial charge in [-0.1, -0.05) is 19.8 Å². The van der Waals surface area contributed by atoms with Gasteiger partial charge in [0.05, 0.1) is 0 Å². The molecular formula is C12H24N2. The van der Waals surface area contributed by atoms with Crippen molar-refractivity contribution in [3.05, 3.63) is 0 Å². The minimum absolute atomic E-state index is 0.824. The fourth-order valence-corrected chi connectivity index (χ4v) is 2.91. The van der Waals surface area contributed by atoms with Crippen molar-refractivity contribution in [1.29, 1.82) is 0 Å². The number of rotatable bonds is 3. The molecular weight excluding hydrogens is 172 g/mol. The third kappa shape index (κ3) is 2.71. The maximum absolute atomic E-state index is 3.75. The second-order valence-corrected chi connectivity index (χ2v) is 5.46. The smallest absolute Gasteiger partial charge is 0.00697 e. The van der Waals surface area contributed by atoms with E-state index in [9.17, 15) is 0 Å². The summed E-state index contributed by atoms with van der Waals surface area (Å²) in [5.74, 6) is 1.88. The van der Waals surface area contributed by atoms with Crippen molar-refractivity contribution in [2.75, 3.05) is 26.7 Å². The van der Waals surface area contributed by atoms with Crippen LogP contribution >= 0.6 is 0 Å². The highest BCUT2D eigenvalue weighted by molar-refractivity contribution is 4.82. The molecule has 1 saturated heterocycles. The number of likely N-dealkylation sites (tertiary alicyclic amines) is 1. The average Bonchev–Trinajstić information content (AvgIpc) is 2.11. The normalized spacial score (nSPS) is 35.6. The number of hydrogen-bond acceptors (Lipinski definition) is 2. The second kappa shape index (κ2) is 4.63. The van der Waals surface area contributed by atoms with Crippen LogP contribution in [-0.4, -0.2) is 37.6 Å². The van der Waals surface area contributed by atoms with Gasteiger partial charge in [0.2, 0.25) is 0 Å². The highest BCUT2D eigenvalue weighted by Crippen LogP contribution is 2.23. The molecule has 0 bridgehead atoms. The molecule has 0 aromatic carbocycles. The summed E-state index contributed by atoms with van der Waals surface area (Å²) >= 11 is 0. The van der Waals surface area contributed by atoms with E-state index in [2.05, 4.69) is 24.2 Å². The van der Waals surface area contributed by atoms with Crippen molar-refractivity contribution in [1.82, 2.24) is 10.2 Å². The Hall–Kier alpha value is -0.0800. The molecule has 2 heteroatoms. The SMILES string of the molecule is CC1CCCC(NCC2CN(C)C2)C1. The zero-order valence-electron chi connectivity index (χ0n) is 9.63. The van der Waals surface area contributed by atoms with Gasteiger partial charge in [-0.3, -0.25) is 0 Å². The van der Waals surface area contributed by atoms with Gasteiger partial charge in [-0.2, -0.15) is 0 Å². The van der Waals surface area contributed by atoms with Crippen LogP contribution in [0.5, 0.6) is 0 Å². The highest BCUT2D eigenvalue weighted by Gasteiger charge is 2.25.